The molecule has 100 valence electrons. The number of rotatable bonds is 3. The molecule has 1 N–H and O–H groups in total. The largest absolute Gasteiger partial charge is 0.463 e. The Morgan fingerprint density at radius 1 is 1.37 bits per heavy atom. The van der Waals surface area contributed by atoms with E-state index in [2.05, 4.69) is 15.5 Å². The Bertz CT molecular complexity index is 601. The molecular formula is C12H14N4O3. The number of hydrogen-bond acceptors (Lipinski definition) is 5. The van der Waals surface area contributed by atoms with E-state index in [4.69, 9.17) is 9.47 Å². The van der Waals surface area contributed by atoms with E-state index in [-0.39, 0.29) is 6.29 Å². The highest BCUT2D eigenvalue weighted by Gasteiger charge is 2.18. The van der Waals surface area contributed by atoms with Gasteiger partial charge in [-0.25, -0.2) is 9.89 Å². The smallest absolute Gasteiger partial charge is 0.365 e. The van der Waals surface area contributed by atoms with Crippen molar-refractivity contribution in [3.05, 3.63) is 34.7 Å². The third-order valence-corrected chi connectivity index (χ3v) is 2.96. The molecule has 7 nitrogen and oxygen atoms in total. The Balaban J connectivity index is 1.89. The molecule has 7 heteroatoms. The molecule has 1 aliphatic rings. The second kappa shape index (κ2) is 5.23. The molecular weight excluding hydrogens is 248 g/mol. The van der Waals surface area contributed by atoms with Crippen molar-refractivity contribution in [1.82, 2.24) is 20.2 Å². The van der Waals surface area contributed by atoms with Crippen LogP contribution in [-0.4, -0.2) is 33.1 Å². The molecule has 0 spiro atoms. The van der Waals surface area contributed by atoms with Gasteiger partial charge in [-0.15, -0.1) is 0 Å². The highest BCUT2D eigenvalue weighted by molar-refractivity contribution is 5.45. The van der Waals surface area contributed by atoms with E-state index in [1.165, 1.54) is 0 Å². The zero-order chi connectivity index (χ0) is 13.1. The van der Waals surface area contributed by atoms with Crippen molar-refractivity contribution in [3.8, 4) is 11.4 Å². The highest BCUT2D eigenvalue weighted by atomic mass is 16.7. The molecule has 0 saturated carbocycles. The molecule has 1 aromatic carbocycles. The second-order valence-corrected chi connectivity index (χ2v) is 4.30. The van der Waals surface area contributed by atoms with Gasteiger partial charge in [-0.1, -0.05) is 12.1 Å². The van der Waals surface area contributed by atoms with E-state index in [0.29, 0.717) is 18.0 Å². The molecule has 0 radical (unpaired) electrons. The lowest BCUT2D eigenvalue weighted by molar-refractivity contribution is -0.105. The maximum Gasteiger partial charge on any atom is 0.365 e. The van der Waals surface area contributed by atoms with Crippen molar-refractivity contribution in [2.75, 3.05) is 6.61 Å². The van der Waals surface area contributed by atoms with Crippen LogP contribution in [0.3, 0.4) is 0 Å². The van der Waals surface area contributed by atoms with E-state index in [9.17, 15) is 4.79 Å². The van der Waals surface area contributed by atoms with Gasteiger partial charge < -0.3 is 9.47 Å². The minimum absolute atomic E-state index is 0.266. The molecule has 19 heavy (non-hydrogen) atoms. The Hall–Kier alpha value is -2.15. The molecule has 3 rings (SSSR count). The van der Waals surface area contributed by atoms with Crippen LogP contribution in [0.25, 0.3) is 5.69 Å². The maximum absolute atomic E-state index is 11.6. The topological polar surface area (TPSA) is 82.0 Å². The number of tetrazole rings is 1. The van der Waals surface area contributed by atoms with E-state index in [0.717, 1.165) is 23.9 Å². The van der Waals surface area contributed by atoms with Gasteiger partial charge in [0.1, 0.15) is 11.4 Å². The minimum atomic E-state index is -0.402. The number of benzene rings is 1. The normalized spacial score (nSPS) is 19.3. The number of nitrogens with one attached hydrogen (secondary N) is 1. The average Bonchev–Trinajstić information content (AvgIpc) is 2.87. The predicted octanol–water partition coefficient (Wildman–Crippen LogP) is 0.861. The summed E-state index contributed by atoms with van der Waals surface area (Å²) in [5.41, 5.74) is 0.149. The van der Waals surface area contributed by atoms with Crippen molar-refractivity contribution in [2.45, 2.75) is 25.6 Å². The van der Waals surface area contributed by atoms with E-state index >= 15 is 0 Å². The maximum atomic E-state index is 11.6. The van der Waals surface area contributed by atoms with Crippen molar-refractivity contribution in [3.63, 3.8) is 0 Å². The second-order valence-electron chi connectivity index (χ2n) is 4.30. The summed E-state index contributed by atoms with van der Waals surface area (Å²) in [7, 11) is 0. The molecule has 2 heterocycles. The first-order valence-electron chi connectivity index (χ1n) is 6.22. The van der Waals surface area contributed by atoms with Crippen LogP contribution in [0.4, 0.5) is 0 Å². The third-order valence-electron chi connectivity index (χ3n) is 2.96. The van der Waals surface area contributed by atoms with Gasteiger partial charge in [-0.05, 0) is 35.4 Å². The SMILES string of the molecule is O=c1[nH]nnn1-c1ccccc1OC1CCCCO1. The lowest BCUT2D eigenvalue weighted by atomic mass is 10.2. The molecule has 0 amide bonds. The number of aromatic amines is 1. The summed E-state index contributed by atoms with van der Waals surface area (Å²) in [6.07, 6.45) is 2.72. The van der Waals surface area contributed by atoms with Crippen molar-refractivity contribution < 1.29 is 9.47 Å². The van der Waals surface area contributed by atoms with Gasteiger partial charge >= 0.3 is 5.69 Å². The van der Waals surface area contributed by atoms with E-state index in [1.807, 2.05) is 12.1 Å². The quantitative estimate of drug-likeness (QED) is 0.887. The van der Waals surface area contributed by atoms with Crippen LogP contribution >= 0.6 is 0 Å². The summed E-state index contributed by atoms with van der Waals surface area (Å²) in [5.74, 6) is 0.561. The number of para-hydroxylation sites is 2. The Morgan fingerprint density at radius 2 is 2.26 bits per heavy atom. The Kier molecular flexibility index (Phi) is 3.28. The van der Waals surface area contributed by atoms with Crippen LogP contribution in [0.5, 0.6) is 5.75 Å². The lowest BCUT2D eigenvalue weighted by Gasteiger charge is -2.24. The Morgan fingerprint density at radius 3 is 3.00 bits per heavy atom. The van der Waals surface area contributed by atoms with Crippen molar-refractivity contribution in [1.29, 1.82) is 0 Å². The predicted molar refractivity (Wildman–Crippen MR) is 66.2 cm³/mol. The summed E-state index contributed by atoms with van der Waals surface area (Å²) in [6, 6.07) is 7.19. The van der Waals surface area contributed by atoms with Crippen molar-refractivity contribution >= 4 is 0 Å². The minimum Gasteiger partial charge on any atom is -0.463 e. The van der Waals surface area contributed by atoms with Crippen molar-refractivity contribution in [2.24, 2.45) is 0 Å². The van der Waals surface area contributed by atoms with Crippen LogP contribution in [0, 0.1) is 0 Å². The average molecular weight is 262 g/mol. The number of H-pyrrole nitrogens is 1. The Labute approximate surface area is 109 Å². The summed E-state index contributed by atoms with van der Waals surface area (Å²) in [4.78, 5) is 11.6. The summed E-state index contributed by atoms with van der Waals surface area (Å²) >= 11 is 0. The van der Waals surface area contributed by atoms with Gasteiger partial charge in [0.15, 0.2) is 6.29 Å². The molecule has 1 atom stereocenters. The number of hydrogen-bond donors (Lipinski definition) is 1. The molecule has 1 unspecified atom stereocenters. The van der Waals surface area contributed by atoms with Gasteiger partial charge in [0.05, 0.1) is 6.61 Å². The molecule has 0 bridgehead atoms. The standard InChI is InChI=1S/C12H14N4O3/c17-12-13-14-15-16(12)9-5-1-2-6-10(9)19-11-7-3-4-8-18-11/h1-2,5-6,11H,3-4,7-8H2,(H,13,15,17). The van der Waals surface area contributed by atoms with Crippen LogP contribution in [-0.2, 0) is 4.74 Å². The zero-order valence-electron chi connectivity index (χ0n) is 10.3. The first-order chi connectivity index (χ1) is 9.34. The molecule has 1 fully saturated rings. The van der Waals surface area contributed by atoms with Gasteiger partial charge in [-0.3, -0.25) is 0 Å². The van der Waals surface area contributed by atoms with E-state index < -0.39 is 5.69 Å². The molecule has 1 aromatic heterocycles. The fraction of sp³-hybridized carbons (Fsp3) is 0.417. The highest BCUT2D eigenvalue weighted by Crippen LogP contribution is 2.24. The van der Waals surface area contributed by atoms with Crippen LogP contribution in [0.1, 0.15) is 19.3 Å². The van der Waals surface area contributed by atoms with Gasteiger partial charge in [0, 0.05) is 6.42 Å². The zero-order valence-corrected chi connectivity index (χ0v) is 10.3. The van der Waals surface area contributed by atoms with Crippen LogP contribution < -0.4 is 10.4 Å². The molecule has 0 aliphatic carbocycles. The molecule has 2 aromatic rings. The van der Waals surface area contributed by atoms with Crippen LogP contribution in [0.2, 0.25) is 0 Å². The monoisotopic (exact) mass is 262 g/mol. The first kappa shape index (κ1) is 11.9. The summed E-state index contributed by atoms with van der Waals surface area (Å²) in [6.45, 7) is 0.705. The fourth-order valence-corrected chi connectivity index (χ4v) is 2.03. The summed E-state index contributed by atoms with van der Waals surface area (Å²) in [5, 5.41) is 9.45. The molecule has 1 saturated heterocycles. The lowest BCUT2D eigenvalue weighted by Crippen LogP contribution is -2.26. The van der Waals surface area contributed by atoms with Gasteiger partial charge in [0.2, 0.25) is 0 Å². The van der Waals surface area contributed by atoms with Gasteiger partial charge in [-0.2, -0.15) is 4.68 Å². The molecule has 1 aliphatic heterocycles. The third kappa shape index (κ3) is 2.50. The first-order valence-corrected chi connectivity index (χ1v) is 6.22. The fourth-order valence-electron chi connectivity index (χ4n) is 2.03. The number of ether oxygens (including phenoxy) is 2. The van der Waals surface area contributed by atoms with Gasteiger partial charge in [0.25, 0.3) is 0 Å². The number of aromatic nitrogens is 4. The summed E-state index contributed by atoms with van der Waals surface area (Å²) < 4.78 is 12.5. The number of nitrogens with zero attached hydrogens (tertiary/aromatic N) is 3. The van der Waals surface area contributed by atoms with Crippen LogP contribution in [0.15, 0.2) is 29.1 Å². The van der Waals surface area contributed by atoms with E-state index in [1.54, 1.807) is 12.1 Å².